The molecule has 0 aromatic carbocycles. The van der Waals surface area contributed by atoms with E-state index in [1.165, 1.54) is 0 Å². The number of hydrogen-bond donors (Lipinski definition) is 0. The molecule has 1 nitrogen and oxygen atoms in total. The second kappa shape index (κ2) is 1.73. The van der Waals surface area contributed by atoms with Gasteiger partial charge in [-0.2, -0.15) is 0 Å². The van der Waals surface area contributed by atoms with E-state index >= 15 is 0 Å². The fraction of sp³-hybridized carbons (Fsp3) is 0.167. The van der Waals surface area contributed by atoms with Crippen LogP contribution < -0.4 is 0 Å². The zero-order valence-corrected chi connectivity index (χ0v) is 3.96. The van der Waals surface area contributed by atoms with Gasteiger partial charge in [-0.15, -0.1) is 0 Å². The summed E-state index contributed by atoms with van der Waals surface area (Å²) in [7, 11) is 0. The minimum Gasteiger partial charge on any atom is -0.274 e. The van der Waals surface area contributed by atoms with Crippen LogP contribution in [0.5, 0.6) is 0 Å². The van der Waals surface area contributed by atoms with Crippen molar-refractivity contribution in [3.63, 3.8) is 0 Å². The second-order valence-electron chi connectivity index (χ2n) is 1.47. The monoisotopic (exact) mass is 95.0 g/mol. The van der Waals surface area contributed by atoms with E-state index in [9.17, 15) is 0 Å². The van der Waals surface area contributed by atoms with Gasteiger partial charge in [0.25, 0.3) is 0 Å². The maximum atomic E-state index is 8.65. The largest absolute Gasteiger partial charge is 0.339 e. The zero-order chi connectivity index (χ0) is 5.11. The lowest BCUT2D eigenvalue weighted by atomic mass is 10.2. The maximum absolute atomic E-state index is 8.65. The number of carbonyl (C=O) groups excluding carboxylic acids is 1. The minimum atomic E-state index is 0.353. The molecule has 0 radical (unpaired) electrons. The molecule has 0 aromatic rings. The predicted molar refractivity (Wildman–Crippen MR) is 29.8 cm³/mol. The van der Waals surface area contributed by atoms with Crippen LogP contribution in [0.15, 0.2) is 24.3 Å². The van der Waals surface area contributed by atoms with Crippen molar-refractivity contribution in [2.75, 3.05) is 0 Å². The van der Waals surface area contributed by atoms with E-state index in [1.54, 1.807) is 12.2 Å². The van der Waals surface area contributed by atoms with Crippen LogP contribution in [0.2, 0.25) is 0 Å². The SMILES string of the molecule is [OH+]=C1C=CCC=C1. The van der Waals surface area contributed by atoms with Crippen LogP contribution in [0.3, 0.4) is 0 Å². The molecule has 0 saturated heterocycles. The molecule has 0 aromatic heterocycles. The summed E-state index contributed by atoms with van der Waals surface area (Å²) in [6, 6.07) is 0. The van der Waals surface area contributed by atoms with Gasteiger partial charge in [-0.25, -0.2) is 0 Å². The first-order valence-corrected chi connectivity index (χ1v) is 2.28. The lowest BCUT2D eigenvalue weighted by Gasteiger charge is -1.82. The molecule has 36 valence electrons. The van der Waals surface area contributed by atoms with Crippen LogP contribution in [-0.2, 0) is 0 Å². The Morgan fingerprint density at radius 2 is 1.86 bits per heavy atom. The summed E-state index contributed by atoms with van der Waals surface area (Å²) in [4.78, 5) is 8.65. The van der Waals surface area contributed by atoms with E-state index in [-0.39, 0.29) is 0 Å². The molecule has 0 spiro atoms. The summed E-state index contributed by atoms with van der Waals surface area (Å²) in [5, 5.41) is 0. The van der Waals surface area contributed by atoms with Crippen molar-refractivity contribution in [3.05, 3.63) is 24.3 Å². The van der Waals surface area contributed by atoms with Crippen molar-refractivity contribution >= 4 is 5.78 Å². The van der Waals surface area contributed by atoms with Crippen LogP contribution in [0, 0.1) is 0 Å². The molecule has 1 heteroatoms. The Hall–Kier alpha value is -0.850. The van der Waals surface area contributed by atoms with Gasteiger partial charge in [-0.3, -0.25) is 4.79 Å². The van der Waals surface area contributed by atoms with Gasteiger partial charge in [-0.05, 0) is 6.42 Å². The van der Waals surface area contributed by atoms with Gasteiger partial charge in [-0.1, -0.05) is 12.2 Å². The molecule has 0 fully saturated rings. The van der Waals surface area contributed by atoms with Crippen LogP contribution in [0.25, 0.3) is 0 Å². The van der Waals surface area contributed by atoms with Crippen LogP contribution in [0.4, 0.5) is 0 Å². The highest BCUT2D eigenvalue weighted by molar-refractivity contribution is 6.00. The standard InChI is InChI=1S/C6H6O/c7-6-4-2-1-3-5-6/h2-5H,1H2/p+1. The van der Waals surface area contributed by atoms with Gasteiger partial charge < -0.3 is 0 Å². The molecule has 0 aliphatic heterocycles. The minimum absolute atomic E-state index is 0.353. The smallest absolute Gasteiger partial charge is 0.274 e. The Balaban J connectivity index is 2.66. The lowest BCUT2D eigenvalue weighted by molar-refractivity contribution is 0.683. The summed E-state index contributed by atoms with van der Waals surface area (Å²) >= 11 is 0. The summed E-state index contributed by atoms with van der Waals surface area (Å²) in [5.74, 6) is 0.353. The van der Waals surface area contributed by atoms with E-state index in [1.807, 2.05) is 12.2 Å². The number of allylic oxidation sites excluding steroid dienone is 4. The molecule has 1 aliphatic carbocycles. The Labute approximate surface area is 42.3 Å². The van der Waals surface area contributed by atoms with Crippen LogP contribution in [-0.4, -0.2) is 10.6 Å². The van der Waals surface area contributed by atoms with Crippen molar-refractivity contribution in [1.29, 1.82) is 0 Å². The van der Waals surface area contributed by atoms with E-state index in [4.69, 9.17) is 4.79 Å². The number of rotatable bonds is 0. The van der Waals surface area contributed by atoms with Gasteiger partial charge in [0, 0.05) is 12.2 Å². The highest BCUT2D eigenvalue weighted by atomic mass is 16.1. The lowest BCUT2D eigenvalue weighted by Crippen LogP contribution is -1.88. The van der Waals surface area contributed by atoms with E-state index in [2.05, 4.69) is 0 Å². The van der Waals surface area contributed by atoms with E-state index in [0.717, 1.165) is 6.42 Å². The van der Waals surface area contributed by atoms with Crippen molar-refractivity contribution in [1.82, 2.24) is 0 Å². The number of hydrogen-bond acceptors (Lipinski definition) is 0. The van der Waals surface area contributed by atoms with Gasteiger partial charge in [0.2, 0.25) is 0 Å². The molecule has 7 heavy (non-hydrogen) atoms. The first-order chi connectivity index (χ1) is 3.39. The summed E-state index contributed by atoms with van der Waals surface area (Å²) in [6.07, 6.45) is 8.16. The fourth-order valence-corrected chi connectivity index (χ4v) is 0.512. The zero-order valence-electron chi connectivity index (χ0n) is 3.96. The Morgan fingerprint density at radius 1 is 1.29 bits per heavy atom. The van der Waals surface area contributed by atoms with E-state index < -0.39 is 0 Å². The van der Waals surface area contributed by atoms with Crippen molar-refractivity contribution < 1.29 is 4.79 Å². The highest BCUT2D eigenvalue weighted by Gasteiger charge is 1.96. The third-order valence-corrected chi connectivity index (χ3v) is 0.849. The van der Waals surface area contributed by atoms with Crippen molar-refractivity contribution in [2.24, 2.45) is 0 Å². The Kier molecular flexibility index (Phi) is 1.07. The van der Waals surface area contributed by atoms with Crippen LogP contribution >= 0.6 is 0 Å². The topological polar surface area (TPSA) is 21.4 Å². The summed E-state index contributed by atoms with van der Waals surface area (Å²) in [6.45, 7) is 0. The Morgan fingerprint density at radius 3 is 2.14 bits per heavy atom. The van der Waals surface area contributed by atoms with Gasteiger partial charge in [0.15, 0.2) is 0 Å². The third kappa shape index (κ3) is 1.000. The van der Waals surface area contributed by atoms with Gasteiger partial charge in [0.1, 0.15) is 0 Å². The first kappa shape index (κ1) is 4.31. The Bertz CT molecular complexity index is 117. The molecule has 1 rings (SSSR count). The molecular weight excluding hydrogens is 88.1 g/mol. The molecule has 0 unspecified atom stereocenters. The molecule has 1 N–H and O–H groups in total. The van der Waals surface area contributed by atoms with Crippen molar-refractivity contribution in [2.45, 2.75) is 6.42 Å². The fourth-order valence-electron chi connectivity index (χ4n) is 0.512. The quantitative estimate of drug-likeness (QED) is 0.401. The van der Waals surface area contributed by atoms with E-state index in [0.29, 0.717) is 5.78 Å². The second-order valence-corrected chi connectivity index (χ2v) is 1.47. The first-order valence-electron chi connectivity index (χ1n) is 2.28. The molecule has 0 atom stereocenters. The van der Waals surface area contributed by atoms with Crippen molar-refractivity contribution in [3.8, 4) is 0 Å². The molecular formula is C6H7O+. The summed E-state index contributed by atoms with van der Waals surface area (Å²) < 4.78 is 0. The van der Waals surface area contributed by atoms with Gasteiger partial charge in [0.05, 0.1) is 0 Å². The molecule has 0 saturated carbocycles. The third-order valence-electron chi connectivity index (χ3n) is 0.849. The highest BCUT2D eigenvalue weighted by Crippen LogP contribution is 1.93. The molecule has 0 bridgehead atoms. The normalized spacial score (nSPS) is 18.0. The average Bonchev–Trinajstić information content (AvgIpc) is 1.69. The maximum Gasteiger partial charge on any atom is 0.339 e. The molecule has 0 heterocycles. The predicted octanol–water partition coefficient (Wildman–Crippen LogP) is 1.05. The number of ketones is 1. The molecule has 0 amide bonds. The summed E-state index contributed by atoms with van der Waals surface area (Å²) in [5.41, 5.74) is 0. The van der Waals surface area contributed by atoms with Gasteiger partial charge >= 0.3 is 5.78 Å². The van der Waals surface area contributed by atoms with Crippen LogP contribution in [0.1, 0.15) is 6.42 Å². The average molecular weight is 95.1 g/mol. The molecule has 1 aliphatic rings.